The molecule has 0 saturated heterocycles. The summed E-state index contributed by atoms with van der Waals surface area (Å²) in [4.78, 5) is -0.193. The molecule has 1 rings (SSSR count). The molecule has 0 radical (unpaired) electrons. The molecule has 0 unspecified atom stereocenters. The summed E-state index contributed by atoms with van der Waals surface area (Å²) >= 11 is 0. The fraction of sp³-hybridized carbons (Fsp3) is 0.222. The average Bonchev–Trinajstić information content (AvgIpc) is 2.27. The fourth-order valence-electron chi connectivity index (χ4n) is 1.19. The Kier molecular flexibility index (Phi) is 4.42. The maximum atomic E-state index is 11.8. The maximum absolute atomic E-state index is 11.8. The minimum Gasteiger partial charge on any atom is -0.229 e. The van der Waals surface area contributed by atoms with Crippen LogP contribution >= 0.6 is 0 Å². The molecule has 0 aromatic heterocycles. The predicted octanol–water partition coefficient (Wildman–Crippen LogP) is -0.875. The molecule has 98 valence electrons. The Morgan fingerprint density at radius 3 is 2.39 bits per heavy atom. The topological polar surface area (TPSA) is 130 Å². The Bertz CT molecular complexity index is 674. The summed E-state index contributed by atoms with van der Waals surface area (Å²) < 4.78 is 47.0. The molecule has 7 nitrogen and oxygen atoms in total. The highest BCUT2D eigenvalue weighted by molar-refractivity contribution is 7.90. The van der Waals surface area contributed by atoms with Crippen LogP contribution in [0.1, 0.15) is 5.56 Å². The van der Waals surface area contributed by atoms with E-state index in [1.165, 1.54) is 24.3 Å². The van der Waals surface area contributed by atoms with E-state index in [9.17, 15) is 16.8 Å². The molecule has 9 heteroatoms. The van der Waals surface area contributed by atoms with Gasteiger partial charge < -0.3 is 0 Å². The fourth-order valence-corrected chi connectivity index (χ4v) is 2.89. The minimum absolute atomic E-state index is 0.0133. The molecule has 0 heterocycles. The van der Waals surface area contributed by atoms with Gasteiger partial charge in [-0.3, -0.25) is 0 Å². The molecule has 0 spiro atoms. The number of hydrogen-bond acceptors (Lipinski definition) is 5. The van der Waals surface area contributed by atoms with E-state index >= 15 is 0 Å². The van der Waals surface area contributed by atoms with Gasteiger partial charge in [0.2, 0.25) is 20.0 Å². The lowest BCUT2D eigenvalue weighted by Crippen LogP contribution is -2.31. The van der Waals surface area contributed by atoms with Crippen molar-refractivity contribution in [3.8, 4) is 6.07 Å². The second kappa shape index (κ2) is 5.45. The molecule has 3 N–H and O–H groups in total. The lowest BCUT2D eigenvalue weighted by molar-refractivity contribution is 0.581. The largest absolute Gasteiger partial charge is 0.241 e. The molecule has 0 fully saturated rings. The van der Waals surface area contributed by atoms with Gasteiger partial charge in [0.05, 0.1) is 16.2 Å². The van der Waals surface area contributed by atoms with E-state index in [2.05, 4.69) is 4.72 Å². The molecule has 1 aromatic rings. The predicted molar refractivity (Wildman–Crippen MR) is 64.3 cm³/mol. The zero-order chi connectivity index (χ0) is 13.8. The van der Waals surface area contributed by atoms with E-state index in [0.29, 0.717) is 0 Å². The van der Waals surface area contributed by atoms with Gasteiger partial charge >= 0.3 is 0 Å². The smallest absolute Gasteiger partial charge is 0.229 e. The third-order valence-corrected chi connectivity index (χ3v) is 4.27. The zero-order valence-electron chi connectivity index (χ0n) is 9.20. The Morgan fingerprint density at radius 2 is 1.83 bits per heavy atom. The number of rotatable bonds is 5. The number of nitrogens with two attached hydrogens (primary N) is 1. The van der Waals surface area contributed by atoms with E-state index in [-0.39, 0.29) is 17.0 Å². The van der Waals surface area contributed by atoms with E-state index in [4.69, 9.17) is 10.4 Å². The number of nitrogens with zero attached hydrogens (tertiary/aromatic N) is 1. The molecule has 0 bridgehead atoms. The summed E-state index contributed by atoms with van der Waals surface area (Å²) in [7, 11) is -7.65. The third-order valence-electron chi connectivity index (χ3n) is 1.98. The van der Waals surface area contributed by atoms with Crippen molar-refractivity contribution < 1.29 is 16.8 Å². The number of nitriles is 1. The summed E-state index contributed by atoms with van der Waals surface area (Å²) in [5, 5.41) is 13.5. The number of primary sulfonamides is 1. The summed E-state index contributed by atoms with van der Waals surface area (Å²) in [6.45, 7) is -0.346. The number of hydrogen-bond donors (Lipinski definition) is 2. The van der Waals surface area contributed by atoms with Crippen LogP contribution in [0.15, 0.2) is 29.2 Å². The Hall–Kier alpha value is -1.47. The van der Waals surface area contributed by atoms with Crippen LogP contribution < -0.4 is 9.86 Å². The molecule has 0 aliphatic heterocycles. The van der Waals surface area contributed by atoms with Crippen molar-refractivity contribution in [3.63, 3.8) is 0 Å². The minimum atomic E-state index is -3.92. The molecule has 0 aliphatic carbocycles. The van der Waals surface area contributed by atoms with Gasteiger partial charge in [-0.05, 0) is 12.1 Å². The van der Waals surface area contributed by atoms with Crippen molar-refractivity contribution in [2.45, 2.75) is 4.90 Å². The van der Waals surface area contributed by atoms with Crippen LogP contribution in [0.25, 0.3) is 0 Å². The van der Waals surface area contributed by atoms with Gasteiger partial charge in [-0.2, -0.15) is 5.26 Å². The van der Waals surface area contributed by atoms with E-state index in [1.54, 1.807) is 6.07 Å². The van der Waals surface area contributed by atoms with Gasteiger partial charge in [0.1, 0.15) is 6.07 Å². The standard InChI is InChI=1S/C9H11N3O4S2/c10-7-8-3-1-2-4-9(8)18(15,16)12-5-6-17(11,13)14/h1-4,12H,5-6H2,(H2,11,13,14). The lowest BCUT2D eigenvalue weighted by Gasteiger charge is -2.07. The van der Waals surface area contributed by atoms with Crippen molar-refractivity contribution in [1.82, 2.24) is 4.72 Å². The average molecular weight is 289 g/mol. The zero-order valence-corrected chi connectivity index (χ0v) is 10.8. The Balaban J connectivity index is 2.91. The van der Waals surface area contributed by atoms with Crippen LogP contribution in [-0.4, -0.2) is 29.1 Å². The number of sulfonamides is 2. The first kappa shape index (κ1) is 14.6. The molecule has 0 aliphatic rings. The van der Waals surface area contributed by atoms with Crippen LogP contribution in [0.2, 0.25) is 0 Å². The molecule has 18 heavy (non-hydrogen) atoms. The summed E-state index contributed by atoms with van der Waals surface area (Å²) in [5.41, 5.74) is -0.0133. The van der Waals surface area contributed by atoms with Crippen LogP contribution in [0.4, 0.5) is 0 Å². The highest BCUT2D eigenvalue weighted by atomic mass is 32.2. The van der Waals surface area contributed by atoms with Crippen molar-refractivity contribution in [2.75, 3.05) is 12.3 Å². The van der Waals surface area contributed by atoms with Crippen molar-refractivity contribution in [1.29, 1.82) is 5.26 Å². The Morgan fingerprint density at radius 1 is 1.22 bits per heavy atom. The van der Waals surface area contributed by atoms with Crippen LogP contribution in [-0.2, 0) is 20.0 Å². The second-order valence-corrected chi connectivity index (χ2v) is 6.84. The van der Waals surface area contributed by atoms with Gasteiger partial charge in [-0.25, -0.2) is 26.7 Å². The first-order chi connectivity index (χ1) is 8.26. The first-order valence-electron chi connectivity index (χ1n) is 4.75. The van der Waals surface area contributed by atoms with Crippen molar-refractivity contribution in [2.24, 2.45) is 5.14 Å². The molecular weight excluding hydrogens is 278 g/mol. The summed E-state index contributed by atoms with van der Waals surface area (Å²) in [6.07, 6.45) is 0. The van der Waals surface area contributed by atoms with Crippen molar-refractivity contribution in [3.05, 3.63) is 29.8 Å². The van der Waals surface area contributed by atoms with E-state index in [1.807, 2.05) is 0 Å². The monoisotopic (exact) mass is 289 g/mol. The lowest BCUT2D eigenvalue weighted by atomic mass is 10.2. The molecule has 0 atom stereocenters. The first-order valence-corrected chi connectivity index (χ1v) is 7.95. The van der Waals surface area contributed by atoms with Crippen LogP contribution in [0, 0.1) is 11.3 Å². The maximum Gasteiger partial charge on any atom is 0.241 e. The van der Waals surface area contributed by atoms with Gasteiger partial charge in [0, 0.05) is 6.54 Å². The summed E-state index contributed by atoms with van der Waals surface area (Å²) in [6, 6.07) is 7.36. The highest BCUT2D eigenvalue weighted by Gasteiger charge is 2.18. The molecule has 0 saturated carbocycles. The van der Waals surface area contributed by atoms with Gasteiger partial charge in [-0.1, -0.05) is 12.1 Å². The van der Waals surface area contributed by atoms with E-state index < -0.39 is 25.8 Å². The SMILES string of the molecule is N#Cc1ccccc1S(=O)(=O)NCCS(N)(=O)=O. The Labute approximate surface area is 105 Å². The quantitative estimate of drug-likeness (QED) is 0.727. The third kappa shape index (κ3) is 4.08. The van der Waals surface area contributed by atoms with Gasteiger partial charge in [0.15, 0.2) is 0 Å². The summed E-state index contributed by atoms with van der Waals surface area (Å²) in [5.74, 6) is -0.513. The van der Waals surface area contributed by atoms with Crippen molar-refractivity contribution >= 4 is 20.0 Å². The van der Waals surface area contributed by atoms with E-state index in [0.717, 1.165) is 0 Å². The number of benzene rings is 1. The second-order valence-electron chi connectivity index (χ2n) is 3.37. The normalized spacial score (nSPS) is 12.0. The molecular formula is C9H11N3O4S2. The molecule has 0 amide bonds. The van der Waals surface area contributed by atoms with Crippen LogP contribution in [0.3, 0.4) is 0 Å². The highest BCUT2D eigenvalue weighted by Crippen LogP contribution is 2.13. The van der Waals surface area contributed by atoms with Gasteiger partial charge in [0.25, 0.3) is 0 Å². The molecule has 1 aromatic carbocycles. The number of nitrogens with one attached hydrogen (secondary N) is 1. The van der Waals surface area contributed by atoms with Gasteiger partial charge in [-0.15, -0.1) is 0 Å². The van der Waals surface area contributed by atoms with Crippen LogP contribution in [0.5, 0.6) is 0 Å².